The van der Waals surface area contributed by atoms with Crippen LogP contribution in [0.25, 0.3) is 0 Å². The van der Waals surface area contributed by atoms with Crippen LogP contribution >= 0.6 is 0 Å². The number of carbonyl (C=O) groups is 1. The van der Waals surface area contributed by atoms with Crippen molar-refractivity contribution in [3.05, 3.63) is 0 Å². The number of unbranched alkanes of at least 4 members (excludes halogenated alkanes) is 2. The highest BCUT2D eigenvalue weighted by Crippen LogP contribution is 2.36. The summed E-state index contributed by atoms with van der Waals surface area (Å²) < 4.78 is 0. The second-order valence-electron chi connectivity index (χ2n) is 5.80. The number of carbonyl (C=O) groups excluding carboxylic acids is 1. The average molecular weight is 238 g/mol. The molecule has 0 radical (unpaired) electrons. The first-order valence-electron chi connectivity index (χ1n) is 7.24. The van der Waals surface area contributed by atoms with Crippen molar-refractivity contribution in [2.45, 2.75) is 51.9 Å². The molecule has 1 amide bonds. The minimum atomic E-state index is 0.390. The van der Waals surface area contributed by atoms with Crippen molar-refractivity contribution in [3.63, 3.8) is 0 Å². The van der Waals surface area contributed by atoms with Gasteiger partial charge in [-0.25, -0.2) is 0 Å². The van der Waals surface area contributed by atoms with Gasteiger partial charge in [-0.3, -0.25) is 4.79 Å². The van der Waals surface area contributed by atoms with Crippen molar-refractivity contribution >= 4 is 5.91 Å². The third-order valence-corrected chi connectivity index (χ3v) is 4.35. The molecule has 2 rings (SSSR count). The van der Waals surface area contributed by atoms with Gasteiger partial charge in [0.15, 0.2) is 0 Å². The van der Waals surface area contributed by atoms with E-state index in [-0.39, 0.29) is 0 Å². The molecule has 1 atom stereocenters. The lowest BCUT2D eigenvalue weighted by atomic mass is 9.80. The Labute approximate surface area is 105 Å². The molecule has 1 N–H and O–H groups in total. The number of rotatable bonds is 4. The monoisotopic (exact) mass is 238 g/mol. The van der Waals surface area contributed by atoms with E-state index < -0.39 is 0 Å². The van der Waals surface area contributed by atoms with Gasteiger partial charge >= 0.3 is 0 Å². The van der Waals surface area contributed by atoms with E-state index in [1.165, 1.54) is 32.1 Å². The Morgan fingerprint density at radius 1 is 1.35 bits per heavy atom. The van der Waals surface area contributed by atoms with Crippen LogP contribution in [0.4, 0.5) is 0 Å². The molecule has 0 saturated carbocycles. The first kappa shape index (κ1) is 12.9. The van der Waals surface area contributed by atoms with Crippen LogP contribution in [0.5, 0.6) is 0 Å². The van der Waals surface area contributed by atoms with Gasteiger partial charge in [0.1, 0.15) is 0 Å². The van der Waals surface area contributed by atoms with Crippen LogP contribution in [0.3, 0.4) is 0 Å². The second-order valence-corrected chi connectivity index (χ2v) is 5.80. The molecular formula is C14H26N2O. The van der Waals surface area contributed by atoms with Gasteiger partial charge in [-0.1, -0.05) is 19.8 Å². The van der Waals surface area contributed by atoms with E-state index >= 15 is 0 Å². The number of amides is 1. The van der Waals surface area contributed by atoms with E-state index in [9.17, 15) is 4.79 Å². The van der Waals surface area contributed by atoms with Gasteiger partial charge in [-0.2, -0.15) is 0 Å². The summed E-state index contributed by atoms with van der Waals surface area (Å²) in [7, 11) is 0. The molecule has 3 heteroatoms. The molecule has 98 valence electrons. The highest BCUT2D eigenvalue weighted by molar-refractivity contribution is 5.76. The van der Waals surface area contributed by atoms with Crippen LogP contribution in [0.1, 0.15) is 51.9 Å². The maximum atomic E-state index is 12.1. The van der Waals surface area contributed by atoms with Crippen molar-refractivity contribution in [2.75, 3.05) is 26.2 Å². The van der Waals surface area contributed by atoms with E-state index in [4.69, 9.17) is 0 Å². The van der Waals surface area contributed by atoms with Crippen LogP contribution in [0.15, 0.2) is 0 Å². The van der Waals surface area contributed by atoms with Crippen LogP contribution < -0.4 is 5.32 Å². The van der Waals surface area contributed by atoms with Crippen molar-refractivity contribution in [2.24, 2.45) is 5.41 Å². The topological polar surface area (TPSA) is 32.3 Å². The average Bonchev–Trinajstić information content (AvgIpc) is 2.74. The molecule has 2 aliphatic rings. The quantitative estimate of drug-likeness (QED) is 0.761. The summed E-state index contributed by atoms with van der Waals surface area (Å²) in [4.78, 5) is 14.2. The first-order valence-corrected chi connectivity index (χ1v) is 7.24. The number of nitrogens with one attached hydrogen (secondary N) is 1. The molecule has 0 aromatic heterocycles. The Morgan fingerprint density at radius 3 is 2.94 bits per heavy atom. The highest BCUT2D eigenvalue weighted by Gasteiger charge is 2.40. The fourth-order valence-electron chi connectivity index (χ4n) is 3.21. The molecule has 0 aliphatic carbocycles. The summed E-state index contributed by atoms with van der Waals surface area (Å²) in [6.07, 6.45) is 8.00. The molecule has 0 aromatic rings. The zero-order valence-electron chi connectivity index (χ0n) is 11.1. The number of hydrogen-bond donors (Lipinski definition) is 1. The zero-order valence-corrected chi connectivity index (χ0v) is 11.1. The molecule has 1 unspecified atom stereocenters. The van der Waals surface area contributed by atoms with Crippen molar-refractivity contribution in [1.29, 1.82) is 0 Å². The largest absolute Gasteiger partial charge is 0.342 e. The van der Waals surface area contributed by atoms with E-state index in [2.05, 4.69) is 17.1 Å². The third-order valence-electron chi connectivity index (χ3n) is 4.35. The molecule has 0 aromatic carbocycles. The van der Waals surface area contributed by atoms with Crippen molar-refractivity contribution in [1.82, 2.24) is 10.2 Å². The van der Waals surface area contributed by atoms with Crippen LogP contribution in [0.2, 0.25) is 0 Å². The molecule has 2 heterocycles. The maximum Gasteiger partial charge on any atom is 0.222 e. The summed E-state index contributed by atoms with van der Waals surface area (Å²) >= 11 is 0. The molecule has 2 saturated heterocycles. The first-order chi connectivity index (χ1) is 8.26. The Kier molecular flexibility index (Phi) is 4.43. The number of hydrogen-bond acceptors (Lipinski definition) is 2. The van der Waals surface area contributed by atoms with Crippen molar-refractivity contribution < 1.29 is 4.79 Å². The summed E-state index contributed by atoms with van der Waals surface area (Å²) in [6, 6.07) is 0. The SMILES string of the molecule is CCCCCC(=O)N1CCC2(CCCNC2)C1. The van der Waals surface area contributed by atoms with Gasteiger partial charge in [-0.15, -0.1) is 0 Å². The van der Waals surface area contributed by atoms with Crippen LogP contribution in [-0.2, 0) is 4.79 Å². The smallest absolute Gasteiger partial charge is 0.222 e. The number of piperidine rings is 1. The lowest BCUT2D eigenvalue weighted by Crippen LogP contribution is -2.42. The van der Waals surface area contributed by atoms with Gasteiger partial charge in [0, 0.05) is 31.5 Å². The molecule has 2 fully saturated rings. The van der Waals surface area contributed by atoms with Gasteiger partial charge in [0.2, 0.25) is 5.91 Å². The van der Waals surface area contributed by atoms with Crippen molar-refractivity contribution in [3.8, 4) is 0 Å². The van der Waals surface area contributed by atoms with E-state index in [0.29, 0.717) is 11.3 Å². The van der Waals surface area contributed by atoms with Gasteiger partial charge in [-0.05, 0) is 32.2 Å². The Morgan fingerprint density at radius 2 is 2.24 bits per heavy atom. The fourth-order valence-corrected chi connectivity index (χ4v) is 3.21. The predicted molar refractivity (Wildman–Crippen MR) is 69.9 cm³/mol. The summed E-state index contributed by atoms with van der Waals surface area (Å²) in [5.74, 6) is 0.390. The molecule has 1 spiro atoms. The van der Waals surface area contributed by atoms with Crippen LogP contribution in [-0.4, -0.2) is 37.0 Å². The molecule has 2 aliphatic heterocycles. The Hall–Kier alpha value is -0.570. The maximum absolute atomic E-state index is 12.1. The summed E-state index contributed by atoms with van der Waals surface area (Å²) in [6.45, 7) is 6.46. The lowest BCUT2D eigenvalue weighted by molar-refractivity contribution is -0.130. The second kappa shape index (κ2) is 5.85. The van der Waals surface area contributed by atoms with E-state index in [0.717, 1.165) is 39.0 Å². The van der Waals surface area contributed by atoms with Gasteiger partial charge < -0.3 is 10.2 Å². The molecule has 3 nitrogen and oxygen atoms in total. The Bertz CT molecular complexity index is 259. The highest BCUT2D eigenvalue weighted by atomic mass is 16.2. The molecule has 17 heavy (non-hydrogen) atoms. The lowest BCUT2D eigenvalue weighted by Gasteiger charge is -2.33. The summed E-state index contributed by atoms with van der Waals surface area (Å²) in [5, 5.41) is 3.49. The summed E-state index contributed by atoms with van der Waals surface area (Å²) in [5.41, 5.74) is 0.415. The van der Waals surface area contributed by atoms with Crippen LogP contribution in [0, 0.1) is 5.41 Å². The molecule has 0 bridgehead atoms. The fraction of sp³-hybridized carbons (Fsp3) is 0.929. The molecular weight excluding hydrogens is 212 g/mol. The normalized spacial score (nSPS) is 28.9. The van der Waals surface area contributed by atoms with E-state index in [1.54, 1.807) is 0 Å². The van der Waals surface area contributed by atoms with E-state index in [1.807, 2.05) is 0 Å². The van der Waals surface area contributed by atoms with Gasteiger partial charge in [0.25, 0.3) is 0 Å². The van der Waals surface area contributed by atoms with Gasteiger partial charge in [0.05, 0.1) is 0 Å². The Balaban J connectivity index is 1.78. The zero-order chi connectivity index (χ0) is 12.1. The minimum absolute atomic E-state index is 0.390. The standard InChI is InChI=1S/C14H26N2O/c1-2-3-4-6-13(17)16-10-8-14(12-16)7-5-9-15-11-14/h15H,2-12H2,1H3. The predicted octanol–water partition coefficient (Wildman–Crippen LogP) is 2.17. The number of likely N-dealkylation sites (tertiary alicyclic amines) is 1. The minimum Gasteiger partial charge on any atom is -0.342 e. The third kappa shape index (κ3) is 3.21. The number of nitrogens with zero attached hydrogens (tertiary/aromatic N) is 1.